The highest BCUT2D eigenvalue weighted by Gasteiger charge is 2.22. The summed E-state index contributed by atoms with van der Waals surface area (Å²) in [6.07, 6.45) is 16.6. The lowest BCUT2D eigenvalue weighted by Gasteiger charge is -2.13. The van der Waals surface area contributed by atoms with Crippen LogP contribution in [0.3, 0.4) is 0 Å². The largest absolute Gasteiger partial charge is 0.383 e. The van der Waals surface area contributed by atoms with E-state index in [1.807, 2.05) is 6.08 Å². The van der Waals surface area contributed by atoms with Gasteiger partial charge in [0.2, 0.25) is 6.29 Å². The van der Waals surface area contributed by atoms with Crippen molar-refractivity contribution < 1.29 is 21.1 Å². The lowest BCUT2D eigenvalue weighted by atomic mass is 10.0. The Bertz CT molecular complexity index is 332. The maximum atomic E-state index is 9.60. The van der Waals surface area contributed by atoms with Crippen LogP contribution < -0.4 is 5.73 Å². The number of aliphatic hydroxyl groups excluding tert-OH is 2. The summed E-state index contributed by atoms with van der Waals surface area (Å²) in [6.45, 7) is 2.25. The number of nitrogens with zero attached hydrogens (tertiary/aromatic N) is 3. The molecule has 0 aliphatic heterocycles. The normalized spacial score (nSPS) is 13.4. The van der Waals surface area contributed by atoms with Crippen LogP contribution in [0.5, 0.6) is 0 Å². The molecule has 7 heteroatoms. The Morgan fingerprint density at radius 2 is 1.24 bits per heavy atom. The van der Waals surface area contributed by atoms with Crippen molar-refractivity contribution in [3.8, 4) is 0 Å². The van der Waals surface area contributed by atoms with Crippen molar-refractivity contribution in [1.82, 2.24) is 0 Å². The van der Waals surface area contributed by atoms with E-state index in [1.54, 1.807) is 6.08 Å². The molecule has 0 bridgehead atoms. The van der Waals surface area contributed by atoms with Crippen molar-refractivity contribution in [1.29, 1.82) is 0 Å². The summed E-state index contributed by atoms with van der Waals surface area (Å²) in [5.41, 5.74) is 17.0. The summed E-state index contributed by atoms with van der Waals surface area (Å²) >= 11 is 0. The van der Waals surface area contributed by atoms with Crippen LogP contribution in [-0.4, -0.2) is 33.8 Å². The van der Waals surface area contributed by atoms with Crippen LogP contribution >= 0.6 is 0 Å². The fourth-order valence-electron chi connectivity index (χ4n) is 2.48. The topological polar surface area (TPSA) is 147 Å². The third-order valence-electron chi connectivity index (χ3n) is 4.13. The molecule has 7 nitrogen and oxygen atoms in total. The number of rotatable bonds is 15. The maximum Gasteiger partial charge on any atom is 0.208 e. The molecular formula is C18H38N4O3. The molecule has 0 aromatic carbocycles. The van der Waals surface area contributed by atoms with Gasteiger partial charge in [-0.15, -0.1) is 0 Å². The lowest BCUT2D eigenvalue weighted by Crippen LogP contribution is -2.71. The predicted octanol–water partition coefficient (Wildman–Crippen LogP) is 3.39. The lowest BCUT2D eigenvalue weighted by molar-refractivity contribution is -0.469. The first-order chi connectivity index (χ1) is 12.0. The highest BCUT2D eigenvalue weighted by molar-refractivity contribution is 4.92. The number of hydrogen-bond donors (Lipinski definition) is 4. The molecule has 148 valence electrons. The van der Waals surface area contributed by atoms with E-state index in [-0.39, 0.29) is 0 Å². The minimum Gasteiger partial charge on any atom is -0.383 e. The molecule has 0 saturated heterocycles. The molecule has 0 amide bonds. The molecule has 25 heavy (non-hydrogen) atoms. The van der Waals surface area contributed by atoms with Gasteiger partial charge in [0.25, 0.3) is 0 Å². The van der Waals surface area contributed by atoms with Gasteiger partial charge in [0.05, 0.1) is 0 Å². The number of unbranched alkanes of at least 4 members (excludes halogenated alkanes) is 11. The summed E-state index contributed by atoms with van der Waals surface area (Å²) in [6, 6.07) is -0.784. The molecule has 0 aliphatic carbocycles. The molecule has 0 aliphatic rings. The first kappa shape index (κ1) is 26.1. The number of hydrogen-bond acceptors (Lipinski definition) is 3. The molecule has 0 aromatic heterocycles. The standard InChI is InChI=1S/C18H37NO3.N3/c1-2-3-4-5-6-7-8-9-10-11-12-13-14-15-16(20)17(19)18(21)22;1-3-2/h14-18,20-22H,2-13,19H2,1H3;/q;-1/p+1/b15-14+;/t16-,17-;/m1./s1. The van der Waals surface area contributed by atoms with Gasteiger partial charge in [-0.3, -0.25) is 4.91 Å². The first-order valence-electron chi connectivity index (χ1n) is 9.53. The molecular weight excluding hydrogens is 320 g/mol. The van der Waals surface area contributed by atoms with E-state index in [4.69, 9.17) is 21.3 Å². The Morgan fingerprint density at radius 1 is 0.840 bits per heavy atom. The minimum absolute atomic E-state index is 0.784. The molecule has 0 spiro atoms. The Labute approximate surface area is 152 Å². The SMILES string of the molecule is CCCCCCCCCCCCC/C=C/[C@@H](O)[C@@H]([NH3+])C(O)O.[N-]=[N+]=[N-]. The van der Waals surface area contributed by atoms with Crippen LogP contribution in [0.2, 0.25) is 0 Å². The van der Waals surface area contributed by atoms with Gasteiger partial charge in [0, 0.05) is 0 Å². The van der Waals surface area contributed by atoms with Crippen LogP contribution in [-0.2, 0) is 0 Å². The van der Waals surface area contributed by atoms with Gasteiger partial charge in [0.15, 0.2) is 6.04 Å². The minimum atomic E-state index is -1.57. The van der Waals surface area contributed by atoms with Crippen molar-refractivity contribution >= 4 is 0 Å². The third kappa shape index (κ3) is 20.8. The molecule has 0 heterocycles. The van der Waals surface area contributed by atoms with Crippen molar-refractivity contribution in [3.05, 3.63) is 28.1 Å². The fraction of sp³-hybridized carbons (Fsp3) is 0.889. The zero-order valence-corrected chi connectivity index (χ0v) is 15.8. The van der Waals surface area contributed by atoms with Crippen LogP contribution in [0.4, 0.5) is 0 Å². The summed E-state index contributed by atoms with van der Waals surface area (Å²) in [4.78, 5) is 1.50. The summed E-state index contributed by atoms with van der Waals surface area (Å²) in [7, 11) is 0. The van der Waals surface area contributed by atoms with Gasteiger partial charge in [-0.1, -0.05) is 83.3 Å². The first-order valence-corrected chi connectivity index (χ1v) is 9.53. The summed E-state index contributed by atoms with van der Waals surface area (Å²) in [5.74, 6) is 0. The highest BCUT2D eigenvalue weighted by atomic mass is 16.5. The second-order valence-electron chi connectivity index (χ2n) is 6.41. The van der Waals surface area contributed by atoms with Crippen LogP contribution in [0.1, 0.15) is 84.0 Å². The molecule has 0 aromatic rings. The Balaban J connectivity index is 0. The second kappa shape index (κ2) is 20.9. The Kier molecular flexibility index (Phi) is 21.9. The zero-order valence-electron chi connectivity index (χ0n) is 15.8. The summed E-state index contributed by atoms with van der Waals surface area (Å²) in [5, 5.41) is 27.4. The Hall–Kier alpha value is -1.11. The van der Waals surface area contributed by atoms with Gasteiger partial charge in [-0.2, -0.15) is 0 Å². The highest BCUT2D eigenvalue weighted by Crippen LogP contribution is 2.12. The van der Waals surface area contributed by atoms with E-state index >= 15 is 0 Å². The number of allylic oxidation sites excluding steroid dienone is 1. The maximum absolute atomic E-state index is 9.60. The fourth-order valence-corrected chi connectivity index (χ4v) is 2.48. The van der Waals surface area contributed by atoms with E-state index in [9.17, 15) is 5.11 Å². The zero-order chi connectivity index (χ0) is 19.3. The van der Waals surface area contributed by atoms with Gasteiger partial charge in [-0.25, -0.2) is 0 Å². The third-order valence-corrected chi connectivity index (χ3v) is 4.13. The van der Waals surface area contributed by atoms with E-state index in [0.29, 0.717) is 0 Å². The van der Waals surface area contributed by atoms with Crippen LogP contribution in [0.15, 0.2) is 12.2 Å². The smallest absolute Gasteiger partial charge is 0.208 e. The van der Waals surface area contributed by atoms with Gasteiger partial charge >= 0.3 is 0 Å². The van der Waals surface area contributed by atoms with E-state index in [1.165, 1.54) is 69.1 Å². The number of quaternary nitrogens is 1. The van der Waals surface area contributed by atoms with Crippen molar-refractivity contribution in [3.63, 3.8) is 0 Å². The van der Waals surface area contributed by atoms with Gasteiger partial charge in [-0.05, 0) is 12.8 Å². The number of aliphatic hydroxyl groups is 3. The molecule has 0 unspecified atom stereocenters. The Morgan fingerprint density at radius 3 is 1.64 bits per heavy atom. The molecule has 0 rings (SSSR count). The van der Waals surface area contributed by atoms with Gasteiger partial charge in [0.1, 0.15) is 6.10 Å². The summed E-state index contributed by atoms with van der Waals surface area (Å²) < 4.78 is 0. The van der Waals surface area contributed by atoms with E-state index < -0.39 is 18.4 Å². The average Bonchev–Trinajstić information content (AvgIpc) is 2.58. The van der Waals surface area contributed by atoms with Crippen molar-refractivity contribution in [2.45, 2.75) is 102 Å². The van der Waals surface area contributed by atoms with Crippen LogP contribution in [0, 0.1) is 0 Å². The molecule has 0 fully saturated rings. The monoisotopic (exact) mass is 358 g/mol. The quantitative estimate of drug-likeness (QED) is 0.0887. The van der Waals surface area contributed by atoms with Crippen molar-refractivity contribution in [2.24, 2.45) is 0 Å². The molecule has 0 radical (unpaired) electrons. The second-order valence-corrected chi connectivity index (χ2v) is 6.41. The van der Waals surface area contributed by atoms with Gasteiger partial charge < -0.3 is 32.1 Å². The molecule has 0 saturated carbocycles. The molecule has 6 N–H and O–H groups in total. The predicted molar refractivity (Wildman–Crippen MR) is 101 cm³/mol. The van der Waals surface area contributed by atoms with E-state index in [0.717, 1.165) is 12.8 Å². The molecule has 2 atom stereocenters. The van der Waals surface area contributed by atoms with Crippen molar-refractivity contribution in [2.75, 3.05) is 0 Å². The average molecular weight is 359 g/mol. The van der Waals surface area contributed by atoms with E-state index in [2.05, 4.69) is 12.7 Å². The van der Waals surface area contributed by atoms with Crippen LogP contribution in [0.25, 0.3) is 16.0 Å².